The Bertz CT molecular complexity index is 705. The van der Waals surface area contributed by atoms with Crippen molar-refractivity contribution in [3.05, 3.63) is 64.9 Å². The van der Waals surface area contributed by atoms with E-state index in [-0.39, 0.29) is 0 Å². The molecule has 0 aliphatic rings. The van der Waals surface area contributed by atoms with E-state index in [0.29, 0.717) is 10.9 Å². The molecule has 0 saturated heterocycles. The molecule has 0 fully saturated rings. The van der Waals surface area contributed by atoms with Gasteiger partial charge in [-0.15, -0.1) is 11.6 Å². The molecule has 0 amide bonds. The van der Waals surface area contributed by atoms with E-state index in [1.165, 1.54) is 5.56 Å². The van der Waals surface area contributed by atoms with E-state index in [0.717, 1.165) is 23.4 Å². The summed E-state index contributed by atoms with van der Waals surface area (Å²) in [4.78, 5) is 4.54. The van der Waals surface area contributed by atoms with Gasteiger partial charge in [0.15, 0.2) is 0 Å². The Hall–Kier alpha value is -1.51. The lowest BCUT2D eigenvalue weighted by molar-refractivity contribution is 0.779. The van der Waals surface area contributed by atoms with Crippen molar-refractivity contribution in [3.8, 4) is 0 Å². The van der Waals surface area contributed by atoms with Crippen molar-refractivity contribution < 1.29 is 0 Å². The summed E-state index contributed by atoms with van der Waals surface area (Å²) in [5.74, 6) is 1.25. The number of benzene rings is 2. The van der Waals surface area contributed by atoms with Gasteiger partial charge in [-0.05, 0) is 23.8 Å². The van der Waals surface area contributed by atoms with Gasteiger partial charge < -0.3 is 4.57 Å². The summed E-state index contributed by atoms with van der Waals surface area (Å²) in [7, 11) is 0. The van der Waals surface area contributed by atoms with Crippen LogP contribution in [0.1, 0.15) is 11.4 Å². The molecule has 0 spiro atoms. The van der Waals surface area contributed by atoms with Crippen molar-refractivity contribution in [2.75, 3.05) is 0 Å². The molecule has 0 saturated carbocycles. The van der Waals surface area contributed by atoms with E-state index in [1.54, 1.807) is 0 Å². The molecule has 0 aliphatic carbocycles. The van der Waals surface area contributed by atoms with Crippen LogP contribution in [0.5, 0.6) is 0 Å². The Labute approximate surface area is 121 Å². The number of alkyl halides is 1. The van der Waals surface area contributed by atoms with Gasteiger partial charge in [-0.1, -0.05) is 41.9 Å². The van der Waals surface area contributed by atoms with E-state index in [1.807, 2.05) is 36.4 Å². The molecule has 0 aliphatic heterocycles. The molecule has 0 unspecified atom stereocenters. The van der Waals surface area contributed by atoms with Crippen LogP contribution in [-0.4, -0.2) is 9.55 Å². The lowest BCUT2D eigenvalue weighted by atomic mass is 10.2. The third-order valence-electron chi connectivity index (χ3n) is 3.09. The minimum Gasteiger partial charge on any atom is -0.322 e. The molecular weight excluding hydrogens is 279 g/mol. The summed E-state index contributed by atoms with van der Waals surface area (Å²) in [5.41, 5.74) is 3.16. The predicted molar refractivity (Wildman–Crippen MR) is 79.8 cm³/mol. The fourth-order valence-corrected chi connectivity index (χ4v) is 2.56. The maximum atomic E-state index is 6.07. The van der Waals surface area contributed by atoms with Crippen molar-refractivity contribution in [2.24, 2.45) is 0 Å². The normalized spacial score (nSPS) is 11.1. The first-order valence-electron chi connectivity index (χ1n) is 6.02. The highest BCUT2D eigenvalue weighted by molar-refractivity contribution is 6.31. The van der Waals surface area contributed by atoms with Crippen LogP contribution in [0.15, 0.2) is 48.5 Å². The third kappa shape index (κ3) is 2.46. The maximum absolute atomic E-state index is 6.07. The Kier molecular flexibility index (Phi) is 3.45. The van der Waals surface area contributed by atoms with Crippen molar-refractivity contribution >= 4 is 34.2 Å². The topological polar surface area (TPSA) is 17.8 Å². The number of fused-ring (bicyclic) bond motifs is 1. The summed E-state index contributed by atoms with van der Waals surface area (Å²) in [6.45, 7) is 0.750. The minimum absolute atomic E-state index is 0.388. The van der Waals surface area contributed by atoms with Crippen molar-refractivity contribution in [1.82, 2.24) is 9.55 Å². The fraction of sp³-hybridized carbons (Fsp3) is 0.133. The minimum atomic E-state index is 0.388. The van der Waals surface area contributed by atoms with Crippen molar-refractivity contribution in [2.45, 2.75) is 12.4 Å². The van der Waals surface area contributed by atoms with Gasteiger partial charge in [-0.2, -0.15) is 0 Å². The summed E-state index contributed by atoms with van der Waals surface area (Å²) in [6.07, 6.45) is 0. The number of aromatic nitrogens is 2. The zero-order chi connectivity index (χ0) is 13.2. The molecular formula is C15H12Cl2N2. The first-order valence-corrected chi connectivity index (χ1v) is 6.94. The van der Waals surface area contributed by atoms with Gasteiger partial charge in [0.1, 0.15) is 5.82 Å². The van der Waals surface area contributed by atoms with Crippen LogP contribution in [0.4, 0.5) is 0 Å². The van der Waals surface area contributed by atoms with Crippen LogP contribution >= 0.6 is 23.2 Å². The second kappa shape index (κ2) is 5.24. The predicted octanol–water partition coefficient (Wildman–Crippen LogP) is 4.48. The number of rotatable bonds is 3. The van der Waals surface area contributed by atoms with Gasteiger partial charge in [0.2, 0.25) is 0 Å². The average molecular weight is 291 g/mol. The van der Waals surface area contributed by atoms with Crippen LogP contribution in [-0.2, 0) is 12.4 Å². The average Bonchev–Trinajstić information content (AvgIpc) is 2.78. The lowest BCUT2D eigenvalue weighted by Gasteiger charge is -2.08. The van der Waals surface area contributed by atoms with Gasteiger partial charge in [-0.3, -0.25) is 0 Å². The maximum Gasteiger partial charge on any atom is 0.125 e. The molecule has 1 heterocycles. The van der Waals surface area contributed by atoms with Crippen LogP contribution in [0.3, 0.4) is 0 Å². The fourth-order valence-electron chi connectivity index (χ4n) is 2.19. The van der Waals surface area contributed by atoms with Gasteiger partial charge in [-0.25, -0.2) is 4.98 Å². The quantitative estimate of drug-likeness (QED) is 0.651. The highest BCUT2D eigenvalue weighted by Gasteiger charge is 2.10. The number of hydrogen-bond acceptors (Lipinski definition) is 1. The molecule has 0 bridgehead atoms. The van der Waals surface area contributed by atoms with E-state index in [2.05, 4.69) is 21.7 Å². The largest absolute Gasteiger partial charge is 0.322 e. The highest BCUT2D eigenvalue weighted by atomic mass is 35.5. The van der Waals surface area contributed by atoms with E-state index < -0.39 is 0 Å². The second-order valence-corrected chi connectivity index (χ2v) is 5.07. The molecule has 3 rings (SSSR count). The van der Waals surface area contributed by atoms with Gasteiger partial charge in [0.25, 0.3) is 0 Å². The Morgan fingerprint density at radius 1 is 1.05 bits per heavy atom. The van der Waals surface area contributed by atoms with Gasteiger partial charge in [0, 0.05) is 11.6 Å². The lowest BCUT2D eigenvalue weighted by Crippen LogP contribution is -2.03. The van der Waals surface area contributed by atoms with E-state index in [4.69, 9.17) is 23.2 Å². The molecule has 2 nitrogen and oxygen atoms in total. The van der Waals surface area contributed by atoms with Crippen LogP contribution in [0, 0.1) is 0 Å². The number of nitrogens with zero attached hydrogens (tertiary/aromatic N) is 2. The molecule has 19 heavy (non-hydrogen) atoms. The summed E-state index contributed by atoms with van der Waals surface area (Å²) < 4.78 is 2.11. The van der Waals surface area contributed by atoms with Crippen LogP contribution in [0.25, 0.3) is 11.0 Å². The van der Waals surface area contributed by atoms with E-state index in [9.17, 15) is 0 Å². The van der Waals surface area contributed by atoms with Crippen LogP contribution in [0.2, 0.25) is 5.02 Å². The Morgan fingerprint density at radius 3 is 2.58 bits per heavy atom. The SMILES string of the molecule is ClCc1nc2ccc(Cl)cc2n1Cc1ccccc1. The molecule has 1 aromatic heterocycles. The highest BCUT2D eigenvalue weighted by Crippen LogP contribution is 2.22. The number of halogens is 2. The molecule has 2 aromatic carbocycles. The van der Waals surface area contributed by atoms with Gasteiger partial charge in [0.05, 0.1) is 16.9 Å². The molecule has 4 heteroatoms. The molecule has 0 radical (unpaired) electrons. The molecule has 3 aromatic rings. The summed E-state index contributed by atoms with van der Waals surface area (Å²) in [6, 6.07) is 16.0. The standard InChI is InChI=1S/C15H12Cl2N2/c16-9-15-18-13-7-6-12(17)8-14(13)19(15)10-11-4-2-1-3-5-11/h1-8H,9-10H2. The summed E-state index contributed by atoms with van der Waals surface area (Å²) >= 11 is 12.1. The zero-order valence-electron chi connectivity index (χ0n) is 10.2. The zero-order valence-corrected chi connectivity index (χ0v) is 11.7. The second-order valence-electron chi connectivity index (χ2n) is 4.37. The Morgan fingerprint density at radius 2 is 1.84 bits per heavy atom. The summed E-state index contributed by atoms with van der Waals surface area (Å²) in [5, 5.41) is 0.711. The van der Waals surface area contributed by atoms with Crippen molar-refractivity contribution in [3.63, 3.8) is 0 Å². The first-order chi connectivity index (χ1) is 9.28. The molecule has 0 atom stereocenters. The molecule has 96 valence electrons. The third-order valence-corrected chi connectivity index (χ3v) is 3.57. The number of hydrogen-bond donors (Lipinski definition) is 0. The first kappa shape index (κ1) is 12.5. The smallest absolute Gasteiger partial charge is 0.125 e. The van der Waals surface area contributed by atoms with Crippen LogP contribution < -0.4 is 0 Å². The monoisotopic (exact) mass is 290 g/mol. The van der Waals surface area contributed by atoms with Crippen molar-refractivity contribution in [1.29, 1.82) is 0 Å². The molecule has 0 N–H and O–H groups in total. The van der Waals surface area contributed by atoms with Gasteiger partial charge >= 0.3 is 0 Å². The number of imidazole rings is 1. The van der Waals surface area contributed by atoms with E-state index >= 15 is 0 Å². The Balaban J connectivity index is 2.12.